The summed E-state index contributed by atoms with van der Waals surface area (Å²) in [5.41, 5.74) is 8.27. The van der Waals surface area contributed by atoms with Crippen LogP contribution in [0.25, 0.3) is 28.0 Å². The van der Waals surface area contributed by atoms with Gasteiger partial charge < -0.3 is 16.0 Å². The summed E-state index contributed by atoms with van der Waals surface area (Å²) < 4.78 is 29.1. The molecule has 1 aliphatic heterocycles. The Labute approximate surface area is 200 Å². The number of nitrogens with one attached hydrogen (secondary N) is 1. The van der Waals surface area contributed by atoms with Gasteiger partial charge in [-0.1, -0.05) is 24.1 Å². The van der Waals surface area contributed by atoms with Gasteiger partial charge in [0.1, 0.15) is 17.5 Å². The maximum Gasteiger partial charge on any atom is 0.225 e. The zero-order chi connectivity index (χ0) is 23.7. The summed E-state index contributed by atoms with van der Waals surface area (Å²) in [5.74, 6) is -0.313. The summed E-state index contributed by atoms with van der Waals surface area (Å²) in [6, 6.07) is 10.3. The number of hydrogen-bond acceptors (Lipinski definition) is 6. The Balaban J connectivity index is 1.56. The fraction of sp³-hybridized carbons (Fsp3) is 0.292. The molecular formula is C24H24ClF2N7. The van der Waals surface area contributed by atoms with Gasteiger partial charge in [0.15, 0.2) is 5.65 Å². The molecule has 7 nitrogen and oxygen atoms in total. The molecule has 5 rings (SSSR count). The maximum atomic E-state index is 13.8. The number of nitrogens with zero attached hydrogens (tertiary/aromatic N) is 5. The first-order chi connectivity index (χ1) is 16.5. The molecule has 0 radical (unpaired) electrons. The molecule has 0 aliphatic carbocycles. The highest BCUT2D eigenvalue weighted by molar-refractivity contribution is 6.31. The number of halogens is 3. The summed E-state index contributed by atoms with van der Waals surface area (Å²) in [7, 11) is 0. The lowest BCUT2D eigenvalue weighted by atomic mass is 10.1. The number of piperidine rings is 1. The summed E-state index contributed by atoms with van der Waals surface area (Å²) >= 11 is 6.05. The largest absolute Gasteiger partial charge is 0.383 e. The van der Waals surface area contributed by atoms with Crippen molar-refractivity contribution in [2.24, 2.45) is 0 Å². The van der Waals surface area contributed by atoms with Gasteiger partial charge in [-0.05, 0) is 62.3 Å². The standard InChI is InChI=1S/C24H24ClF2N7/c25-18-13-15(7-8-19(18)27)21-20-22(28)34(17-6-4-5-16(26)14-17)32-23(20)31-24(30-21)29-9-12-33-10-2-1-3-11-33/h4-8,13-14H,1-3,9-12,28H2,(H,29,31,32). The van der Waals surface area contributed by atoms with Crippen LogP contribution < -0.4 is 11.1 Å². The number of rotatable bonds is 6. The van der Waals surface area contributed by atoms with E-state index in [0.29, 0.717) is 40.5 Å². The van der Waals surface area contributed by atoms with E-state index in [1.807, 2.05) is 0 Å². The van der Waals surface area contributed by atoms with Crippen molar-refractivity contribution < 1.29 is 8.78 Å². The van der Waals surface area contributed by atoms with Crippen molar-refractivity contribution in [1.29, 1.82) is 0 Å². The van der Waals surface area contributed by atoms with Gasteiger partial charge in [0.25, 0.3) is 0 Å². The van der Waals surface area contributed by atoms with Gasteiger partial charge in [-0.3, -0.25) is 0 Å². The van der Waals surface area contributed by atoms with E-state index in [0.717, 1.165) is 19.6 Å². The van der Waals surface area contributed by atoms with Crippen molar-refractivity contribution in [3.8, 4) is 16.9 Å². The molecule has 2 aromatic heterocycles. The lowest BCUT2D eigenvalue weighted by Crippen LogP contribution is -2.33. The molecule has 0 unspecified atom stereocenters. The number of likely N-dealkylation sites (tertiary alicyclic amines) is 1. The van der Waals surface area contributed by atoms with Crippen molar-refractivity contribution in [3.63, 3.8) is 0 Å². The fourth-order valence-corrected chi connectivity index (χ4v) is 4.44. The Bertz CT molecular complexity index is 1330. The number of nitrogen functional groups attached to an aromatic ring is 1. The number of anilines is 2. The Morgan fingerprint density at radius 2 is 1.85 bits per heavy atom. The third-order valence-electron chi connectivity index (χ3n) is 5.97. The van der Waals surface area contributed by atoms with E-state index in [2.05, 4.69) is 25.3 Å². The third kappa shape index (κ3) is 4.53. The van der Waals surface area contributed by atoms with Gasteiger partial charge in [0.2, 0.25) is 5.95 Å². The Hall–Kier alpha value is -3.30. The summed E-state index contributed by atoms with van der Waals surface area (Å²) in [6.45, 7) is 3.72. The van der Waals surface area contributed by atoms with Gasteiger partial charge in [0.05, 0.1) is 21.8 Å². The van der Waals surface area contributed by atoms with Gasteiger partial charge >= 0.3 is 0 Å². The van der Waals surface area contributed by atoms with Crippen molar-refractivity contribution in [1.82, 2.24) is 24.6 Å². The van der Waals surface area contributed by atoms with Crippen molar-refractivity contribution in [2.45, 2.75) is 19.3 Å². The molecule has 34 heavy (non-hydrogen) atoms. The zero-order valence-corrected chi connectivity index (χ0v) is 19.2. The molecular weight excluding hydrogens is 460 g/mol. The lowest BCUT2D eigenvalue weighted by molar-refractivity contribution is 0.237. The van der Waals surface area contributed by atoms with Gasteiger partial charge in [-0.25, -0.2) is 18.4 Å². The molecule has 4 aromatic rings. The van der Waals surface area contributed by atoms with E-state index in [4.69, 9.17) is 17.3 Å². The molecule has 1 fully saturated rings. The Morgan fingerprint density at radius 1 is 1.03 bits per heavy atom. The second-order valence-corrected chi connectivity index (χ2v) is 8.74. The Morgan fingerprint density at radius 3 is 2.62 bits per heavy atom. The summed E-state index contributed by atoms with van der Waals surface area (Å²) in [4.78, 5) is 11.6. The molecule has 0 saturated carbocycles. The summed E-state index contributed by atoms with van der Waals surface area (Å²) in [5, 5.41) is 8.25. The topological polar surface area (TPSA) is 84.9 Å². The van der Waals surface area contributed by atoms with Crippen LogP contribution in [0.15, 0.2) is 42.5 Å². The Kier molecular flexibility index (Phi) is 6.30. The molecule has 10 heteroatoms. The average Bonchev–Trinajstić information content (AvgIpc) is 3.17. The number of benzene rings is 2. The normalized spacial score (nSPS) is 14.6. The molecule has 0 atom stereocenters. The minimum Gasteiger partial charge on any atom is -0.383 e. The van der Waals surface area contributed by atoms with E-state index < -0.39 is 11.6 Å². The minimum atomic E-state index is -0.529. The van der Waals surface area contributed by atoms with Crippen LogP contribution >= 0.6 is 11.6 Å². The first kappa shape index (κ1) is 22.5. The number of fused-ring (bicyclic) bond motifs is 1. The van der Waals surface area contributed by atoms with E-state index in [1.165, 1.54) is 48.2 Å². The van der Waals surface area contributed by atoms with Crippen LogP contribution in [0.4, 0.5) is 20.5 Å². The maximum absolute atomic E-state index is 13.8. The fourth-order valence-electron chi connectivity index (χ4n) is 4.26. The molecule has 1 saturated heterocycles. The second kappa shape index (κ2) is 9.52. The van der Waals surface area contributed by atoms with E-state index in [1.54, 1.807) is 18.2 Å². The van der Waals surface area contributed by atoms with E-state index in [-0.39, 0.29) is 10.8 Å². The average molecular weight is 484 g/mol. The van der Waals surface area contributed by atoms with Crippen LogP contribution in [0.2, 0.25) is 5.02 Å². The first-order valence-electron chi connectivity index (χ1n) is 11.2. The molecule has 3 N–H and O–H groups in total. The third-order valence-corrected chi connectivity index (χ3v) is 6.26. The monoisotopic (exact) mass is 483 g/mol. The molecule has 0 spiro atoms. The van der Waals surface area contributed by atoms with E-state index >= 15 is 0 Å². The van der Waals surface area contributed by atoms with Crippen molar-refractivity contribution in [2.75, 3.05) is 37.2 Å². The number of hydrogen-bond donors (Lipinski definition) is 2. The molecule has 1 aliphatic rings. The number of nitrogens with two attached hydrogens (primary N) is 1. The highest BCUT2D eigenvalue weighted by Crippen LogP contribution is 2.34. The molecule has 3 heterocycles. The van der Waals surface area contributed by atoms with Crippen LogP contribution in [0.3, 0.4) is 0 Å². The van der Waals surface area contributed by atoms with Crippen molar-refractivity contribution >= 4 is 34.4 Å². The van der Waals surface area contributed by atoms with Crippen LogP contribution in [-0.4, -0.2) is 50.8 Å². The molecule has 0 bridgehead atoms. The minimum absolute atomic E-state index is 0.0278. The predicted octanol–water partition coefficient (Wildman–Crippen LogP) is 4.89. The van der Waals surface area contributed by atoms with Crippen LogP contribution in [0, 0.1) is 11.6 Å². The van der Waals surface area contributed by atoms with Gasteiger partial charge in [0, 0.05) is 18.7 Å². The smallest absolute Gasteiger partial charge is 0.225 e. The lowest BCUT2D eigenvalue weighted by Gasteiger charge is -2.26. The van der Waals surface area contributed by atoms with Crippen LogP contribution in [0.1, 0.15) is 19.3 Å². The van der Waals surface area contributed by atoms with Crippen LogP contribution in [0.5, 0.6) is 0 Å². The van der Waals surface area contributed by atoms with E-state index in [9.17, 15) is 8.78 Å². The summed E-state index contributed by atoms with van der Waals surface area (Å²) in [6.07, 6.45) is 3.71. The molecule has 2 aromatic carbocycles. The predicted molar refractivity (Wildman–Crippen MR) is 130 cm³/mol. The quantitative estimate of drug-likeness (QED) is 0.406. The SMILES string of the molecule is Nc1c2c(-c3ccc(F)c(Cl)c3)nc(NCCN3CCCCC3)nc2nn1-c1cccc(F)c1. The molecule has 176 valence electrons. The van der Waals surface area contributed by atoms with Crippen molar-refractivity contribution in [3.05, 3.63) is 59.1 Å². The van der Waals surface area contributed by atoms with Gasteiger partial charge in [-0.15, -0.1) is 5.10 Å². The first-order valence-corrected chi connectivity index (χ1v) is 11.6. The second-order valence-electron chi connectivity index (χ2n) is 8.33. The van der Waals surface area contributed by atoms with Gasteiger partial charge in [-0.2, -0.15) is 4.98 Å². The highest BCUT2D eigenvalue weighted by atomic mass is 35.5. The highest BCUT2D eigenvalue weighted by Gasteiger charge is 2.20. The molecule has 0 amide bonds. The van der Waals surface area contributed by atoms with Crippen LogP contribution in [-0.2, 0) is 0 Å². The zero-order valence-electron chi connectivity index (χ0n) is 18.4. The number of aromatic nitrogens is 4.